The van der Waals surface area contributed by atoms with Crippen molar-refractivity contribution in [2.24, 2.45) is 0 Å². The normalized spacial score (nSPS) is 10.9. The van der Waals surface area contributed by atoms with Crippen molar-refractivity contribution in [2.45, 2.75) is 13.1 Å². The van der Waals surface area contributed by atoms with E-state index in [1.165, 1.54) is 0 Å². The molecule has 0 aliphatic carbocycles. The molecule has 0 radical (unpaired) electrons. The van der Waals surface area contributed by atoms with Gasteiger partial charge < -0.3 is 5.32 Å². The van der Waals surface area contributed by atoms with Crippen molar-refractivity contribution in [3.63, 3.8) is 0 Å². The summed E-state index contributed by atoms with van der Waals surface area (Å²) in [6.07, 6.45) is 0. The number of carbonyl (C=O) groups excluding carboxylic acids is 1. The number of amides is 1. The van der Waals surface area contributed by atoms with Gasteiger partial charge in [-0.1, -0.05) is 53.2 Å². The summed E-state index contributed by atoms with van der Waals surface area (Å²) in [6.45, 7) is 1.07. The number of rotatable bonds is 5. The number of hydrogen-bond acceptors (Lipinski definition) is 3. The van der Waals surface area contributed by atoms with Gasteiger partial charge in [0.25, 0.3) is 5.91 Å². The number of halogens is 1. The van der Waals surface area contributed by atoms with E-state index < -0.39 is 0 Å². The Morgan fingerprint density at radius 1 is 0.926 bits per heavy atom. The molecule has 0 aliphatic rings. The van der Waals surface area contributed by atoms with E-state index in [0.717, 1.165) is 22.2 Å². The Labute approximate surface area is 161 Å². The maximum atomic E-state index is 12.3. The van der Waals surface area contributed by atoms with E-state index in [-0.39, 0.29) is 5.91 Å². The van der Waals surface area contributed by atoms with Crippen molar-refractivity contribution in [3.05, 3.63) is 94.5 Å². The average Bonchev–Trinajstić information content (AvgIpc) is 3.11. The van der Waals surface area contributed by atoms with Gasteiger partial charge in [-0.05, 0) is 47.5 Å². The molecule has 1 aromatic heterocycles. The van der Waals surface area contributed by atoms with Gasteiger partial charge in [-0.25, -0.2) is 4.68 Å². The van der Waals surface area contributed by atoms with Gasteiger partial charge in [0.1, 0.15) is 5.52 Å². The van der Waals surface area contributed by atoms with Crippen LogP contribution in [0.1, 0.15) is 21.5 Å². The molecule has 1 N–H and O–H groups in total. The standard InChI is InChI=1S/C21H17ClN4O/c22-18-11-7-15(8-12-18)13-23-21(27)17-9-5-16(6-10-17)14-26-20-4-2-1-3-19(20)24-25-26/h1-12H,13-14H2,(H,23,27). The van der Waals surface area contributed by atoms with Crippen LogP contribution in [0.15, 0.2) is 72.8 Å². The van der Waals surface area contributed by atoms with Crippen molar-refractivity contribution in [1.82, 2.24) is 20.3 Å². The largest absolute Gasteiger partial charge is 0.348 e. The minimum Gasteiger partial charge on any atom is -0.348 e. The molecule has 0 spiro atoms. The van der Waals surface area contributed by atoms with Crippen molar-refractivity contribution < 1.29 is 4.79 Å². The molecule has 0 bridgehead atoms. The maximum absolute atomic E-state index is 12.3. The first-order valence-electron chi connectivity index (χ1n) is 8.59. The minimum absolute atomic E-state index is 0.109. The smallest absolute Gasteiger partial charge is 0.251 e. The SMILES string of the molecule is O=C(NCc1ccc(Cl)cc1)c1ccc(Cn2nnc3ccccc32)cc1. The van der Waals surface area contributed by atoms with Crippen molar-refractivity contribution in [2.75, 3.05) is 0 Å². The number of nitrogens with one attached hydrogen (secondary N) is 1. The van der Waals surface area contributed by atoms with E-state index in [4.69, 9.17) is 11.6 Å². The Bertz CT molecular complexity index is 1070. The van der Waals surface area contributed by atoms with Crippen LogP contribution in [0.4, 0.5) is 0 Å². The van der Waals surface area contributed by atoms with Gasteiger partial charge in [-0.15, -0.1) is 5.10 Å². The van der Waals surface area contributed by atoms with Crippen LogP contribution in [-0.2, 0) is 13.1 Å². The van der Waals surface area contributed by atoms with Crippen LogP contribution in [-0.4, -0.2) is 20.9 Å². The fraction of sp³-hybridized carbons (Fsp3) is 0.0952. The van der Waals surface area contributed by atoms with Gasteiger partial charge >= 0.3 is 0 Å². The highest BCUT2D eigenvalue weighted by Crippen LogP contribution is 2.13. The lowest BCUT2D eigenvalue weighted by atomic mass is 10.1. The number of fused-ring (bicyclic) bond motifs is 1. The summed E-state index contributed by atoms with van der Waals surface area (Å²) in [5.74, 6) is -0.109. The third-order valence-corrected chi connectivity index (χ3v) is 4.59. The third-order valence-electron chi connectivity index (χ3n) is 4.34. The number of benzene rings is 3. The fourth-order valence-corrected chi connectivity index (χ4v) is 2.98. The summed E-state index contributed by atoms with van der Waals surface area (Å²) >= 11 is 5.87. The van der Waals surface area contributed by atoms with Crippen LogP contribution >= 0.6 is 11.6 Å². The van der Waals surface area contributed by atoms with E-state index in [0.29, 0.717) is 23.7 Å². The Balaban J connectivity index is 1.40. The Kier molecular flexibility index (Phi) is 4.85. The molecule has 0 fully saturated rings. The molecule has 1 amide bonds. The van der Waals surface area contributed by atoms with E-state index in [2.05, 4.69) is 15.6 Å². The first-order chi connectivity index (χ1) is 13.2. The lowest BCUT2D eigenvalue weighted by Crippen LogP contribution is -2.22. The molecule has 0 saturated heterocycles. The second-order valence-electron chi connectivity index (χ2n) is 6.24. The van der Waals surface area contributed by atoms with Crippen molar-refractivity contribution in [3.8, 4) is 0 Å². The lowest BCUT2D eigenvalue weighted by molar-refractivity contribution is 0.0951. The predicted molar refractivity (Wildman–Crippen MR) is 106 cm³/mol. The second-order valence-corrected chi connectivity index (χ2v) is 6.68. The van der Waals surface area contributed by atoms with Gasteiger partial charge in [-0.2, -0.15) is 0 Å². The molecule has 6 heteroatoms. The number of aromatic nitrogens is 3. The van der Waals surface area contributed by atoms with E-state index in [9.17, 15) is 4.79 Å². The zero-order chi connectivity index (χ0) is 18.6. The Hall–Kier alpha value is -3.18. The predicted octanol–water partition coefficient (Wildman–Crippen LogP) is 4.06. The van der Waals surface area contributed by atoms with Crippen LogP contribution in [0.25, 0.3) is 11.0 Å². The average molecular weight is 377 g/mol. The molecule has 4 aromatic rings. The van der Waals surface area contributed by atoms with Gasteiger partial charge in [0.15, 0.2) is 0 Å². The maximum Gasteiger partial charge on any atom is 0.251 e. The molecule has 3 aromatic carbocycles. The summed E-state index contributed by atoms with van der Waals surface area (Å²) in [5, 5.41) is 12.0. The van der Waals surface area contributed by atoms with Crippen LogP contribution < -0.4 is 5.32 Å². The molecule has 4 rings (SSSR count). The topological polar surface area (TPSA) is 59.8 Å². The summed E-state index contributed by atoms with van der Waals surface area (Å²) < 4.78 is 1.85. The highest BCUT2D eigenvalue weighted by molar-refractivity contribution is 6.30. The van der Waals surface area contributed by atoms with Crippen LogP contribution in [0, 0.1) is 0 Å². The third kappa shape index (κ3) is 3.99. The van der Waals surface area contributed by atoms with Crippen LogP contribution in [0.5, 0.6) is 0 Å². The van der Waals surface area contributed by atoms with E-state index >= 15 is 0 Å². The molecule has 1 heterocycles. The number of carbonyl (C=O) groups is 1. The van der Waals surface area contributed by atoms with Gasteiger partial charge in [0, 0.05) is 17.1 Å². The van der Waals surface area contributed by atoms with Crippen molar-refractivity contribution in [1.29, 1.82) is 0 Å². The van der Waals surface area contributed by atoms with E-state index in [1.54, 1.807) is 0 Å². The lowest BCUT2D eigenvalue weighted by Gasteiger charge is -2.07. The van der Waals surface area contributed by atoms with Gasteiger partial charge in [-0.3, -0.25) is 4.79 Å². The van der Waals surface area contributed by atoms with Crippen LogP contribution in [0.2, 0.25) is 5.02 Å². The summed E-state index contributed by atoms with van der Waals surface area (Å²) in [6, 6.07) is 22.8. The molecule has 0 saturated carbocycles. The first kappa shape index (κ1) is 17.2. The molecule has 0 unspecified atom stereocenters. The molecular formula is C21H17ClN4O. The van der Waals surface area contributed by atoms with Crippen molar-refractivity contribution >= 4 is 28.5 Å². The highest BCUT2D eigenvalue weighted by atomic mass is 35.5. The zero-order valence-corrected chi connectivity index (χ0v) is 15.2. The highest BCUT2D eigenvalue weighted by Gasteiger charge is 2.07. The van der Waals surface area contributed by atoms with Gasteiger partial charge in [0.05, 0.1) is 12.1 Å². The summed E-state index contributed by atoms with van der Waals surface area (Å²) in [7, 11) is 0. The Morgan fingerprint density at radius 3 is 2.41 bits per heavy atom. The molecule has 134 valence electrons. The fourth-order valence-electron chi connectivity index (χ4n) is 2.86. The quantitative estimate of drug-likeness (QED) is 0.571. The molecule has 5 nitrogen and oxygen atoms in total. The van der Waals surface area contributed by atoms with Gasteiger partial charge in [0.2, 0.25) is 0 Å². The number of nitrogens with zero attached hydrogens (tertiary/aromatic N) is 3. The Morgan fingerprint density at radius 2 is 1.63 bits per heavy atom. The molecule has 0 atom stereocenters. The van der Waals surface area contributed by atoms with Crippen LogP contribution in [0.3, 0.4) is 0 Å². The number of hydrogen-bond donors (Lipinski definition) is 1. The monoisotopic (exact) mass is 376 g/mol. The van der Waals surface area contributed by atoms with E-state index in [1.807, 2.05) is 77.5 Å². The first-order valence-corrected chi connectivity index (χ1v) is 8.97. The minimum atomic E-state index is -0.109. The summed E-state index contributed by atoms with van der Waals surface area (Å²) in [4.78, 5) is 12.3. The number of para-hydroxylation sites is 1. The molecule has 0 aliphatic heterocycles. The second kappa shape index (κ2) is 7.60. The summed E-state index contributed by atoms with van der Waals surface area (Å²) in [5.41, 5.74) is 4.54. The molecular weight excluding hydrogens is 360 g/mol. The molecule has 27 heavy (non-hydrogen) atoms. The zero-order valence-electron chi connectivity index (χ0n) is 14.5.